The predicted molar refractivity (Wildman–Crippen MR) is 137 cm³/mol. The molecular weight excluding hydrogens is 438 g/mol. The molecule has 0 bridgehead atoms. The first-order valence-corrected chi connectivity index (χ1v) is 11.8. The van der Waals surface area contributed by atoms with Crippen LogP contribution in [0.25, 0.3) is 27.7 Å². The average Bonchev–Trinajstić information content (AvgIpc) is 3.47. The van der Waals surface area contributed by atoms with E-state index in [9.17, 15) is 9.59 Å². The van der Waals surface area contributed by atoms with Crippen molar-refractivity contribution in [1.82, 2.24) is 14.7 Å². The zero-order valence-corrected chi connectivity index (χ0v) is 20.0. The summed E-state index contributed by atoms with van der Waals surface area (Å²) in [7, 11) is 0. The lowest BCUT2D eigenvalue weighted by Gasteiger charge is -2.26. The van der Waals surface area contributed by atoms with Gasteiger partial charge < -0.3 is 9.64 Å². The maximum atomic E-state index is 13.1. The van der Waals surface area contributed by atoms with Crippen LogP contribution in [0.3, 0.4) is 0 Å². The van der Waals surface area contributed by atoms with Crippen molar-refractivity contribution < 1.29 is 14.3 Å². The number of hydrogen-bond acceptors (Lipinski definition) is 4. The molecule has 2 unspecified atom stereocenters. The van der Waals surface area contributed by atoms with Crippen LogP contribution in [0.4, 0.5) is 0 Å². The Labute approximate surface area is 204 Å². The van der Waals surface area contributed by atoms with Gasteiger partial charge in [0.05, 0.1) is 18.0 Å². The molecule has 3 aromatic carbocycles. The fraction of sp³-hybridized carbons (Fsp3) is 0.207. The van der Waals surface area contributed by atoms with Crippen molar-refractivity contribution in [3.8, 4) is 16.9 Å². The molecule has 0 spiro atoms. The van der Waals surface area contributed by atoms with E-state index in [1.807, 2.05) is 73.4 Å². The van der Waals surface area contributed by atoms with Crippen molar-refractivity contribution in [3.05, 3.63) is 96.2 Å². The Morgan fingerprint density at radius 1 is 0.886 bits per heavy atom. The third-order valence-electron chi connectivity index (χ3n) is 6.38. The normalized spacial score (nSPS) is 17.2. The van der Waals surface area contributed by atoms with Gasteiger partial charge in [-0.25, -0.2) is 9.48 Å². The first kappa shape index (κ1) is 22.6. The van der Waals surface area contributed by atoms with Gasteiger partial charge in [-0.1, -0.05) is 48.6 Å². The van der Waals surface area contributed by atoms with Crippen LogP contribution >= 0.6 is 0 Å². The topological polar surface area (TPSA) is 64.4 Å². The Kier molecular flexibility index (Phi) is 5.95. The zero-order valence-electron chi connectivity index (χ0n) is 20.0. The zero-order chi connectivity index (χ0) is 24.5. The summed E-state index contributed by atoms with van der Waals surface area (Å²) in [5.74, 6) is -0.478. The molecule has 0 radical (unpaired) electrons. The number of benzene rings is 3. The summed E-state index contributed by atoms with van der Waals surface area (Å²) < 4.78 is 6.92. The van der Waals surface area contributed by atoms with E-state index in [-0.39, 0.29) is 30.3 Å². The lowest BCUT2D eigenvalue weighted by molar-refractivity contribution is 0.0518. The monoisotopic (exact) mass is 465 g/mol. The Bertz CT molecular complexity index is 1420. The van der Waals surface area contributed by atoms with Crippen molar-refractivity contribution in [2.24, 2.45) is 0 Å². The SMILES string of the molecule is CCOC(=O)c1cc(-c2ccc3ccccc3c2)n(-c2ccc(C(=O)N3C(C)C=CC3C)cc2)n1. The predicted octanol–water partition coefficient (Wildman–Crippen LogP) is 5.66. The van der Waals surface area contributed by atoms with E-state index < -0.39 is 5.97 Å². The largest absolute Gasteiger partial charge is 0.461 e. The highest BCUT2D eigenvalue weighted by Gasteiger charge is 2.28. The summed E-state index contributed by atoms with van der Waals surface area (Å²) in [5.41, 5.74) is 3.30. The molecule has 2 atom stereocenters. The van der Waals surface area contributed by atoms with E-state index in [4.69, 9.17) is 4.74 Å². The van der Waals surface area contributed by atoms with Gasteiger partial charge in [-0.15, -0.1) is 0 Å². The van der Waals surface area contributed by atoms with E-state index in [1.165, 1.54) is 0 Å². The molecule has 1 aliphatic heterocycles. The molecule has 35 heavy (non-hydrogen) atoms. The molecule has 0 saturated heterocycles. The Balaban J connectivity index is 1.54. The Hall–Kier alpha value is -4.19. The molecule has 0 saturated carbocycles. The molecule has 6 nitrogen and oxygen atoms in total. The van der Waals surface area contributed by atoms with E-state index in [0.717, 1.165) is 27.7 Å². The number of amides is 1. The molecule has 0 aliphatic carbocycles. The van der Waals surface area contributed by atoms with E-state index in [1.54, 1.807) is 17.7 Å². The van der Waals surface area contributed by atoms with Gasteiger partial charge in [-0.05, 0) is 67.9 Å². The molecule has 0 N–H and O–H groups in total. The van der Waals surface area contributed by atoms with Crippen molar-refractivity contribution in [3.63, 3.8) is 0 Å². The van der Waals surface area contributed by atoms with Crippen molar-refractivity contribution in [1.29, 1.82) is 0 Å². The van der Waals surface area contributed by atoms with E-state index in [2.05, 4.69) is 29.4 Å². The van der Waals surface area contributed by atoms with Gasteiger partial charge in [0, 0.05) is 23.2 Å². The lowest BCUT2D eigenvalue weighted by atomic mass is 10.0. The van der Waals surface area contributed by atoms with E-state index >= 15 is 0 Å². The molecule has 1 amide bonds. The number of rotatable bonds is 5. The van der Waals surface area contributed by atoms with Crippen LogP contribution in [0.5, 0.6) is 0 Å². The summed E-state index contributed by atoms with van der Waals surface area (Å²) in [6.07, 6.45) is 4.10. The number of nitrogens with zero attached hydrogens (tertiary/aromatic N) is 3. The molecule has 1 aromatic heterocycles. The van der Waals surface area contributed by atoms with Gasteiger partial charge in [-0.3, -0.25) is 4.79 Å². The highest BCUT2D eigenvalue weighted by Crippen LogP contribution is 2.28. The third-order valence-corrected chi connectivity index (χ3v) is 6.38. The second-order valence-corrected chi connectivity index (χ2v) is 8.73. The number of carbonyl (C=O) groups excluding carboxylic acids is 2. The van der Waals surface area contributed by atoms with Crippen molar-refractivity contribution >= 4 is 22.6 Å². The summed E-state index contributed by atoms with van der Waals surface area (Å²) in [5, 5.41) is 6.80. The Morgan fingerprint density at radius 2 is 1.57 bits per heavy atom. The van der Waals surface area contributed by atoms with Crippen LogP contribution in [0.15, 0.2) is 84.9 Å². The number of esters is 1. The van der Waals surface area contributed by atoms with Crippen LogP contribution in [0.2, 0.25) is 0 Å². The maximum Gasteiger partial charge on any atom is 0.358 e. The van der Waals surface area contributed by atoms with Crippen LogP contribution < -0.4 is 0 Å². The maximum absolute atomic E-state index is 13.1. The molecule has 4 aromatic rings. The van der Waals surface area contributed by atoms with Gasteiger partial charge in [-0.2, -0.15) is 5.10 Å². The molecule has 0 fully saturated rings. The molecule has 1 aliphatic rings. The van der Waals surface area contributed by atoms with Gasteiger partial charge in [0.15, 0.2) is 5.69 Å². The highest BCUT2D eigenvalue weighted by atomic mass is 16.5. The molecular formula is C29H27N3O3. The number of carbonyl (C=O) groups is 2. The quantitative estimate of drug-likeness (QED) is 0.282. The van der Waals surface area contributed by atoms with Gasteiger partial charge in [0.2, 0.25) is 0 Å². The molecule has 2 heterocycles. The van der Waals surface area contributed by atoms with Gasteiger partial charge in [0.1, 0.15) is 0 Å². The highest BCUT2D eigenvalue weighted by molar-refractivity contribution is 5.95. The number of hydrogen-bond donors (Lipinski definition) is 0. The smallest absolute Gasteiger partial charge is 0.358 e. The minimum atomic E-state index is -0.468. The number of ether oxygens (including phenoxy) is 1. The van der Waals surface area contributed by atoms with Crippen molar-refractivity contribution in [2.45, 2.75) is 32.9 Å². The standard InChI is InChI=1S/C29H27N3O3/c1-4-35-29(34)26-18-27(24-12-11-21-7-5-6-8-23(21)17-24)32(30-26)25-15-13-22(14-16-25)28(33)31-19(2)9-10-20(31)3/h5-20H,4H2,1-3H3. The summed E-state index contributed by atoms with van der Waals surface area (Å²) in [6.45, 7) is 6.08. The van der Waals surface area contributed by atoms with Gasteiger partial charge >= 0.3 is 5.97 Å². The van der Waals surface area contributed by atoms with Crippen LogP contribution in [-0.4, -0.2) is 45.2 Å². The summed E-state index contributed by atoms with van der Waals surface area (Å²) in [6, 6.07) is 23.5. The lowest BCUT2D eigenvalue weighted by Crippen LogP contribution is -2.39. The third kappa shape index (κ3) is 4.23. The van der Waals surface area contributed by atoms with Crippen molar-refractivity contribution in [2.75, 3.05) is 6.61 Å². The number of fused-ring (bicyclic) bond motifs is 1. The second-order valence-electron chi connectivity index (χ2n) is 8.73. The summed E-state index contributed by atoms with van der Waals surface area (Å²) in [4.78, 5) is 27.4. The molecule has 176 valence electrons. The van der Waals surface area contributed by atoms with Crippen LogP contribution in [0.1, 0.15) is 41.6 Å². The van der Waals surface area contributed by atoms with Gasteiger partial charge in [0.25, 0.3) is 5.91 Å². The fourth-order valence-corrected chi connectivity index (χ4v) is 4.58. The minimum Gasteiger partial charge on any atom is -0.461 e. The van der Waals surface area contributed by atoms with E-state index in [0.29, 0.717) is 5.56 Å². The average molecular weight is 466 g/mol. The first-order chi connectivity index (χ1) is 17.0. The fourth-order valence-electron chi connectivity index (χ4n) is 4.58. The first-order valence-electron chi connectivity index (χ1n) is 11.8. The summed E-state index contributed by atoms with van der Waals surface area (Å²) >= 11 is 0. The Morgan fingerprint density at radius 3 is 2.26 bits per heavy atom. The number of aromatic nitrogens is 2. The molecule has 6 heteroatoms. The van der Waals surface area contributed by atoms with Crippen LogP contribution in [-0.2, 0) is 4.74 Å². The minimum absolute atomic E-state index is 0.0102. The molecule has 5 rings (SSSR count). The second kappa shape index (κ2) is 9.22. The van der Waals surface area contributed by atoms with Crippen LogP contribution in [0, 0.1) is 0 Å².